The highest BCUT2D eigenvalue weighted by atomic mass is 32.2. The van der Waals surface area contributed by atoms with E-state index in [0.29, 0.717) is 10.5 Å². The number of carboxylic acids is 1. The molecule has 114 valence electrons. The van der Waals surface area contributed by atoms with Crippen molar-refractivity contribution in [1.29, 1.82) is 0 Å². The average molecular weight is 309 g/mol. The molecule has 6 heteroatoms. The van der Waals surface area contributed by atoms with Gasteiger partial charge in [-0.3, -0.25) is 13.8 Å². The first-order valence-electron chi connectivity index (χ1n) is 7.03. The fourth-order valence-electron chi connectivity index (χ4n) is 2.36. The van der Waals surface area contributed by atoms with Gasteiger partial charge in [-0.15, -0.1) is 0 Å². The molecule has 21 heavy (non-hydrogen) atoms. The third kappa shape index (κ3) is 4.67. The lowest BCUT2D eigenvalue weighted by Gasteiger charge is -2.26. The third-order valence-electron chi connectivity index (χ3n) is 3.50. The Bertz CT molecular complexity index is 535. The van der Waals surface area contributed by atoms with Crippen molar-refractivity contribution in [3.8, 4) is 0 Å². The van der Waals surface area contributed by atoms with Crippen LogP contribution < -0.4 is 0 Å². The van der Waals surface area contributed by atoms with Crippen molar-refractivity contribution < 1.29 is 18.9 Å². The number of likely N-dealkylation sites (tertiary alicyclic amines) is 1. The number of nitrogens with zero attached hydrogens (tertiary/aromatic N) is 1. The van der Waals surface area contributed by atoms with E-state index in [1.54, 1.807) is 29.2 Å². The van der Waals surface area contributed by atoms with Gasteiger partial charge in [0.15, 0.2) is 0 Å². The number of carboxylic acid groups (broad SMARTS) is 1. The second-order valence-corrected chi connectivity index (χ2v) is 6.60. The number of carbonyl (C=O) groups excluding carboxylic acids is 1. The summed E-state index contributed by atoms with van der Waals surface area (Å²) in [6.07, 6.45) is 3.13. The first-order chi connectivity index (χ1) is 10.1. The molecule has 1 aliphatic heterocycles. The fraction of sp³-hybridized carbons (Fsp3) is 0.467. The monoisotopic (exact) mass is 309 g/mol. The zero-order valence-corrected chi connectivity index (χ0v) is 12.6. The van der Waals surface area contributed by atoms with E-state index in [1.807, 2.05) is 0 Å². The van der Waals surface area contributed by atoms with Gasteiger partial charge in [0.2, 0.25) is 5.91 Å². The minimum Gasteiger partial charge on any atom is -0.481 e. The molecular formula is C15H19NO4S. The van der Waals surface area contributed by atoms with Crippen LogP contribution in [-0.2, 0) is 26.8 Å². The predicted molar refractivity (Wildman–Crippen MR) is 79.5 cm³/mol. The highest BCUT2D eigenvalue weighted by Gasteiger charge is 2.19. The summed E-state index contributed by atoms with van der Waals surface area (Å²) in [5, 5.41) is 8.70. The molecule has 1 N–H and O–H groups in total. The summed E-state index contributed by atoms with van der Waals surface area (Å²) in [4.78, 5) is 25.0. The molecular weight excluding hydrogens is 290 g/mol. The number of benzene rings is 1. The number of piperidine rings is 1. The summed E-state index contributed by atoms with van der Waals surface area (Å²) in [6.45, 7) is 1.52. The van der Waals surface area contributed by atoms with E-state index in [-0.39, 0.29) is 18.1 Å². The Balaban J connectivity index is 1.93. The number of rotatable bonds is 5. The van der Waals surface area contributed by atoms with Crippen molar-refractivity contribution in [3.05, 3.63) is 29.8 Å². The normalized spacial score (nSPS) is 16.5. The van der Waals surface area contributed by atoms with Gasteiger partial charge in [-0.2, -0.15) is 0 Å². The maximum Gasteiger partial charge on any atom is 0.307 e. The minimum atomic E-state index is -1.37. The lowest BCUT2D eigenvalue weighted by Crippen LogP contribution is -2.38. The SMILES string of the molecule is O=C(O)Cc1ccc(S(=O)CC(=O)N2CCCCC2)cc1. The van der Waals surface area contributed by atoms with Crippen molar-refractivity contribution in [2.24, 2.45) is 0 Å². The molecule has 0 radical (unpaired) electrons. The van der Waals surface area contributed by atoms with Gasteiger partial charge in [-0.25, -0.2) is 0 Å². The lowest BCUT2D eigenvalue weighted by molar-refractivity contribution is -0.136. The molecule has 0 saturated carbocycles. The summed E-state index contributed by atoms with van der Waals surface area (Å²) < 4.78 is 12.2. The van der Waals surface area contributed by atoms with Crippen LogP contribution in [-0.4, -0.2) is 44.9 Å². The Kier molecular flexibility index (Phi) is 5.50. The third-order valence-corrected chi connectivity index (χ3v) is 4.81. The van der Waals surface area contributed by atoms with Crippen molar-refractivity contribution in [1.82, 2.24) is 4.90 Å². The molecule has 0 spiro atoms. The molecule has 0 aromatic heterocycles. The van der Waals surface area contributed by atoms with Gasteiger partial charge in [0.25, 0.3) is 0 Å². The van der Waals surface area contributed by atoms with Crippen LogP contribution in [0.1, 0.15) is 24.8 Å². The predicted octanol–water partition coefficient (Wildman–Crippen LogP) is 1.43. The molecule has 1 saturated heterocycles. The molecule has 0 aliphatic carbocycles. The molecule has 0 bridgehead atoms. The summed E-state index contributed by atoms with van der Waals surface area (Å²) >= 11 is 0. The maximum absolute atomic E-state index is 12.2. The van der Waals surface area contributed by atoms with E-state index in [2.05, 4.69) is 0 Å². The molecule has 1 unspecified atom stereocenters. The molecule has 1 aromatic carbocycles. The number of aliphatic carboxylic acids is 1. The highest BCUT2D eigenvalue weighted by molar-refractivity contribution is 7.85. The van der Waals surface area contributed by atoms with Crippen LogP contribution in [0.25, 0.3) is 0 Å². The summed E-state index contributed by atoms with van der Waals surface area (Å²) in [5.74, 6) is -0.968. The van der Waals surface area contributed by atoms with Gasteiger partial charge in [-0.05, 0) is 37.0 Å². The van der Waals surface area contributed by atoms with E-state index < -0.39 is 16.8 Å². The van der Waals surface area contributed by atoms with Crippen LogP contribution in [0.3, 0.4) is 0 Å². The van der Waals surface area contributed by atoms with Gasteiger partial charge >= 0.3 is 5.97 Å². The van der Waals surface area contributed by atoms with Gasteiger partial charge in [0, 0.05) is 18.0 Å². The first-order valence-corrected chi connectivity index (χ1v) is 8.35. The van der Waals surface area contributed by atoms with Gasteiger partial charge < -0.3 is 10.0 Å². The first kappa shape index (κ1) is 15.7. The number of hydrogen-bond donors (Lipinski definition) is 1. The Morgan fingerprint density at radius 3 is 2.29 bits per heavy atom. The Morgan fingerprint density at radius 2 is 1.71 bits per heavy atom. The lowest BCUT2D eigenvalue weighted by atomic mass is 10.1. The number of carbonyl (C=O) groups is 2. The second-order valence-electron chi connectivity index (χ2n) is 5.15. The van der Waals surface area contributed by atoms with Crippen LogP contribution in [0.4, 0.5) is 0 Å². The second kappa shape index (κ2) is 7.36. The molecule has 1 atom stereocenters. The van der Waals surface area contributed by atoms with E-state index in [0.717, 1.165) is 32.4 Å². The van der Waals surface area contributed by atoms with Crippen molar-refractivity contribution in [2.45, 2.75) is 30.6 Å². The zero-order valence-electron chi connectivity index (χ0n) is 11.8. The van der Waals surface area contributed by atoms with Crippen molar-refractivity contribution in [2.75, 3.05) is 18.8 Å². The van der Waals surface area contributed by atoms with Crippen molar-refractivity contribution >= 4 is 22.7 Å². The van der Waals surface area contributed by atoms with Crippen LogP contribution in [0.2, 0.25) is 0 Å². The molecule has 1 fully saturated rings. The van der Waals surface area contributed by atoms with E-state index >= 15 is 0 Å². The summed E-state index contributed by atoms with van der Waals surface area (Å²) in [7, 11) is -1.37. The smallest absolute Gasteiger partial charge is 0.307 e. The molecule has 1 amide bonds. The minimum absolute atomic E-state index is 0.00171. The zero-order chi connectivity index (χ0) is 15.2. The standard InChI is InChI=1S/C15H19NO4S/c17-14(16-8-2-1-3-9-16)11-21(20)13-6-4-12(5-7-13)10-15(18)19/h4-7H,1-3,8-11H2,(H,18,19). The Labute approximate surface area is 126 Å². The van der Waals surface area contributed by atoms with Crippen molar-refractivity contribution in [3.63, 3.8) is 0 Å². The Morgan fingerprint density at radius 1 is 1.10 bits per heavy atom. The quantitative estimate of drug-likeness (QED) is 0.893. The van der Waals surface area contributed by atoms with Crippen LogP contribution >= 0.6 is 0 Å². The molecule has 1 aromatic rings. The van der Waals surface area contributed by atoms with Gasteiger partial charge in [0.05, 0.1) is 17.2 Å². The van der Waals surface area contributed by atoms with Gasteiger partial charge in [0.1, 0.15) is 5.75 Å². The molecule has 1 aliphatic rings. The van der Waals surface area contributed by atoms with Crippen LogP contribution in [0.5, 0.6) is 0 Å². The van der Waals surface area contributed by atoms with Crippen LogP contribution in [0.15, 0.2) is 29.2 Å². The highest BCUT2D eigenvalue weighted by Crippen LogP contribution is 2.13. The van der Waals surface area contributed by atoms with E-state index in [9.17, 15) is 13.8 Å². The number of amides is 1. The topological polar surface area (TPSA) is 74.7 Å². The van der Waals surface area contributed by atoms with Crippen LogP contribution in [0, 0.1) is 0 Å². The summed E-state index contributed by atoms with van der Waals surface area (Å²) in [6, 6.07) is 6.56. The molecule has 2 rings (SSSR count). The fourth-order valence-corrected chi connectivity index (χ4v) is 3.38. The maximum atomic E-state index is 12.2. The van der Waals surface area contributed by atoms with E-state index in [4.69, 9.17) is 5.11 Å². The molecule has 5 nitrogen and oxygen atoms in total. The average Bonchev–Trinajstić information content (AvgIpc) is 2.48. The summed E-state index contributed by atoms with van der Waals surface area (Å²) in [5.41, 5.74) is 0.658. The molecule has 1 heterocycles. The largest absolute Gasteiger partial charge is 0.481 e. The van der Waals surface area contributed by atoms with E-state index in [1.165, 1.54) is 0 Å². The van der Waals surface area contributed by atoms with Gasteiger partial charge in [-0.1, -0.05) is 12.1 Å². The Hall–Kier alpha value is -1.69. The number of hydrogen-bond acceptors (Lipinski definition) is 3.